The van der Waals surface area contributed by atoms with E-state index in [4.69, 9.17) is 0 Å². The SMILES string of the molecule is CC(C)c1ccc(CCNC(=O)CSc2nnc(-c3ccccc3)n2C)cc1. The average molecular weight is 395 g/mol. The highest BCUT2D eigenvalue weighted by Crippen LogP contribution is 2.22. The van der Waals surface area contributed by atoms with Crippen molar-refractivity contribution in [2.45, 2.75) is 31.3 Å². The fraction of sp³-hybridized carbons (Fsp3) is 0.318. The van der Waals surface area contributed by atoms with E-state index in [0.717, 1.165) is 23.0 Å². The smallest absolute Gasteiger partial charge is 0.230 e. The maximum absolute atomic E-state index is 12.1. The van der Waals surface area contributed by atoms with Crippen LogP contribution in [0.15, 0.2) is 59.8 Å². The van der Waals surface area contributed by atoms with Crippen molar-refractivity contribution in [3.63, 3.8) is 0 Å². The number of nitrogens with one attached hydrogen (secondary N) is 1. The molecule has 0 saturated heterocycles. The van der Waals surface area contributed by atoms with Crippen molar-refractivity contribution >= 4 is 17.7 Å². The largest absolute Gasteiger partial charge is 0.355 e. The summed E-state index contributed by atoms with van der Waals surface area (Å²) in [7, 11) is 1.92. The molecule has 0 spiro atoms. The average Bonchev–Trinajstić information content (AvgIpc) is 3.08. The maximum Gasteiger partial charge on any atom is 0.230 e. The molecule has 3 aromatic rings. The summed E-state index contributed by atoms with van der Waals surface area (Å²) in [5.41, 5.74) is 3.58. The van der Waals surface area contributed by atoms with Gasteiger partial charge in [0.1, 0.15) is 0 Å². The third-order valence-corrected chi connectivity index (χ3v) is 5.60. The molecule has 28 heavy (non-hydrogen) atoms. The van der Waals surface area contributed by atoms with Crippen molar-refractivity contribution in [1.82, 2.24) is 20.1 Å². The van der Waals surface area contributed by atoms with E-state index in [1.54, 1.807) is 0 Å². The molecule has 0 bridgehead atoms. The van der Waals surface area contributed by atoms with Gasteiger partial charge in [-0.1, -0.05) is 80.2 Å². The van der Waals surface area contributed by atoms with Crippen LogP contribution in [-0.4, -0.2) is 33.0 Å². The fourth-order valence-electron chi connectivity index (χ4n) is 2.88. The Labute approximate surface area is 170 Å². The molecular formula is C22H26N4OS. The number of hydrogen-bond acceptors (Lipinski definition) is 4. The first-order chi connectivity index (χ1) is 13.5. The molecule has 0 unspecified atom stereocenters. The van der Waals surface area contributed by atoms with Crippen molar-refractivity contribution in [2.75, 3.05) is 12.3 Å². The molecule has 0 fully saturated rings. The molecule has 146 valence electrons. The number of hydrogen-bond donors (Lipinski definition) is 1. The van der Waals surface area contributed by atoms with Crippen LogP contribution in [-0.2, 0) is 18.3 Å². The van der Waals surface area contributed by atoms with E-state index in [2.05, 4.69) is 53.6 Å². The summed E-state index contributed by atoms with van der Waals surface area (Å²) in [6, 6.07) is 18.5. The minimum Gasteiger partial charge on any atom is -0.355 e. The zero-order valence-corrected chi connectivity index (χ0v) is 17.4. The highest BCUT2D eigenvalue weighted by atomic mass is 32.2. The summed E-state index contributed by atoms with van der Waals surface area (Å²) < 4.78 is 1.92. The number of rotatable bonds is 8. The van der Waals surface area contributed by atoms with Gasteiger partial charge in [-0.25, -0.2) is 0 Å². The number of amides is 1. The Bertz CT molecular complexity index is 904. The lowest BCUT2D eigenvalue weighted by Gasteiger charge is -2.08. The summed E-state index contributed by atoms with van der Waals surface area (Å²) in [5.74, 6) is 1.67. The summed E-state index contributed by atoms with van der Waals surface area (Å²) in [5, 5.41) is 12.2. The molecule has 1 N–H and O–H groups in total. The first-order valence-corrected chi connectivity index (χ1v) is 10.5. The molecule has 0 saturated carbocycles. The van der Waals surface area contributed by atoms with Gasteiger partial charge in [-0.15, -0.1) is 10.2 Å². The summed E-state index contributed by atoms with van der Waals surface area (Å²) in [4.78, 5) is 12.1. The van der Waals surface area contributed by atoms with E-state index in [-0.39, 0.29) is 5.91 Å². The third-order valence-electron chi connectivity index (χ3n) is 4.58. The van der Waals surface area contributed by atoms with Crippen LogP contribution in [0.3, 0.4) is 0 Å². The van der Waals surface area contributed by atoms with Gasteiger partial charge in [0.25, 0.3) is 0 Å². The lowest BCUT2D eigenvalue weighted by molar-refractivity contribution is -0.118. The summed E-state index contributed by atoms with van der Waals surface area (Å²) in [6.07, 6.45) is 0.830. The Kier molecular flexibility index (Phi) is 6.87. The minimum atomic E-state index is 0.00746. The van der Waals surface area contributed by atoms with Gasteiger partial charge in [-0.2, -0.15) is 0 Å². The van der Waals surface area contributed by atoms with Crippen LogP contribution in [0.1, 0.15) is 30.9 Å². The number of nitrogens with zero attached hydrogens (tertiary/aromatic N) is 3. The molecule has 6 heteroatoms. The van der Waals surface area contributed by atoms with Crippen LogP contribution < -0.4 is 5.32 Å². The minimum absolute atomic E-state index is 0.00746. The van der Waals surface area contributed by atoms with Crippen molar-refractivity contribution in [3.05, 3.63) is 65.7 Å². The van der Waals surface area contributed by atoms with Crippen LogP contribution in [0.4, 0.5) is 0 Å². The summed E-state index contributed by atoms with van der Waals surface area (Å²) >= 11 is 1.40. The number of carbonyl (C=O) groups excluding carboxylic acids is 1. The van der Waals surface area contributed by atoms with Crippen molar-refractivity contribution in [2.24, 2.45) is 7.05 Å². The second kappa shape index (κ2) is 9.55. The Morgan fingerprint density at radius 2 is 1.79 bits per heavy atom. The molecule has 5 nitrogen and oxygen atoms in total. The predicted octanol–water partition coefficient (Wildman–Crippen LogP) is 4.06. The van der Waals surface area contributed by atoms with Crippen LogP contribution in [0.25, 0.3) is 11.4 Å². The van der Waals surface area contributed by atoms with Gasteiger partial charge in [-0.3, -0.25) is 4.79 Å². The number of benzene rings is 2. The van der Waals surface area contributed by atoms with Gasteiger partial charge >= 0.3 is 0 Å². The lowest BCUT2D eigenvalue weighted by atomic mass is 10.0. The topological polar surface area (TPSA) is 59.8 Å². The monoisotopic (exact) mass is 394 g/mol. The molecule has 1 heterocycles. The van der Waals surface area contributed by atoms with E-state index in [1.807, 2.05) is 41.9 Å². The normalized spacial score (nSPS) is 11.0. The molecule has 1 aromatic heterocycles. The molecule has 3 rings (SSSR count). The first-order valence-electron chi connectivity index (χ1n) is 9.47. The van der Waals surface area contributed by atoms with E-state index >= 15 is 0 Å². The van der Waals surface area contributed by atoms with Crippen LogP contribution in [0.5, 0.6) is 0 Å². The molecule has 0 aliphatic rings. The van der Waals surface area contributed by atoms with E-state index in [0.29, 0.717) is 18.2 Å². The Morgan fingerprint density at radius 3 is 2.46 bits per heavy atom. The fourth-order valence-corrected chi connectivity index (χ4v) is 3.62. The van der Waals surface area contributed by atoms with E-state index < -0.39 is 0 Å². The van der Waals surface area contributed by atoms with Crippen LogP contribution in [0.2, 0.25) is 0 Å². The molecule has 0 atom stereocenters. The molecule has 2 aromatic carbocycles. The zero-order chi connectivity index (χ0) is 19.9. The van der Waals surface area contributed by atoms with Gasteiger partial charge in [0.15, 0.2) is 11.0 Å². The second-order valence-electron chi connectivity index (χ2n) is 7.02. The first kappa shape index (κ1) is 20.1. The molecule has 1 amide bonds. The Hall–Kier alpha value is -2.60. The highest BCUT2D eigenvalue weighted by Gasteiger charge is 2.12. The van der Waals surface area contributed by atoms with Crippen LogP contribution >= 0.6 is 11.8 Å². The molecular weight excluding hydrogens is 368 g/mol. The van der Waals surface area contributed by atoms with Gasteiger partial charge in [0.05, 0.1) is 5.75 Å². The van der Waals surface area contributed by atoms with Crippen molar-refractivity contribution in [1.29, 1.82) is 0 Å². The van der Waals surface area contributed by atoms with Gasteiger partial charge in [-0.05, 0) is 23.5 Å². The van der Waals surface area contributed by atoms with E-state index in [1.165, 1.54) is 22.9 Å². The number of carbonyl (C=O) groups is 1. The van der Waals surface area contributed by atoms with Gasteiger partial charge < -0.3 is 9.88 Å². The maximum atomic E-state index is 12.1. The molecule has 0 aliphatic carbocycles. The number of aromatic nitrogens is 3. The standard InChI is InChI=1S/C22H26N4OS/c1-16(2)18-11-9-17(10-12-18)13-14-23-20(27)15-28-22-25-24-21(26(22)3)19-7-5-4-6-8-19/h4-12,16H,13-15H2,1-3H3,(H,23,27). The van der Waals surface area contributed by atoms with E-state index in [9.17, 15) is 4.79 Å². The highest BCUT2D eigenvalue weighted by molar-refractivity contribution is 7.99. The lowest BCUT2D eigenvalue weighted by Crippen LogP contribution is -2.27. The predicted molar refractivity (Wildman–Crippen MR) is 114 cm³/mol. The quantitative estimate of drug-likeness (QED) is 0.586. The van der Waals surface area contributed by atoms with Gasteiger partial charge in [0.2, 0.25) is 5.91 Å². The summed E-state index contributed by atoms with van der Waals surface area (Å²) in [6.45, 7) is 5.01. The second-order valence-corrected chi connectivity index (χ2v) is 7.96. The molecule has 0 aliphatic heterocycles. The zero-order valence-electron chi connectivity index (χ0n) is 16.6. The Morgan fingerprint density at radius 1 is 1.07 bits per heavy atom. The van der Waals surface area contributed by atoms with Crippen LogP contribution in [0, 0.1) is 0 Å². The van der Waals surface area contributed by atoms with Crippen molar-refractivity contribution in [3.8, 4) is 11.4 Å². The third kappa shape index (κ3) is 5.23. The van der Waals surface area contributed by atoms with Gasteiger partial charge in [0, 0.05) is 19.2 Å². The Balaban J connectivity index is 1.45. The number of thioether (sulfide) groups is 1. The van der Waals surface area contributed by atoms with Crippen molar-refractivity contribution < 1.29 is 4.79 Å². The molecule has 0 radical (unpaired) electrons.